The van der Waals surface area contributed by atoms with Gasteiger partial charge in [-0.15, -0.1) is 0 Å². The van der Waals surface area contributed by atoms with Crippen LogP contribution in [0.3, 0.4) is 0 Å². The molecule has 0 bridgehead atoms. The summed E-state index contributed by atoms with van der Waals surface area (Å²) in [5, 5.41) is 6.58. The maximum atomic E-state index is 12.2. The predicted molar refractivity (Wildman–Crippen MR) is 94.8 cm³/mol. The minimum Gasteiger partial charge on any atom is -0.267 e. The first kappa shape index (κ1) is 15.0. The smallest absolute Gasteiger partial charge is 0.267 e. The number of hydrogen-bond donors (Lipinski definition) is 1. The average Bonchev–Trinajstić information content (AvgIpc) is 2.59. The van der Waals surface area contributed by atoms with E-state index >= 15 is 0 Å². The molecule has 3 nitrogen and oxygen atoms in total. The van der Waals surface area contributed by atoms with Crippen LogP contribution in [-0.2, 0) is 0 Å². The van der Waals surface area contributed by atoms with E-state index in [1.54, 1.807) is 6.07 Å². The van der Waals surface area contributed by atoms with Crippen LogP contribution in [0.4, 0.5) is 0 Å². The van der Waals surface area contributed by atoms with Gasteiger partial charge in [-0.25, -0.2) is 5.43 Å². The van der Waals surface area contributed by atoms with E-state index < -0.39 is 0 Å². The van der Waals surface area contributed by atoms with Crippen molar-refractivity contribution in [1.29, 1.82) is 0 Å². The third kappa shape index (κ3) is 3.29. The number of carbonyl (C=O) groups is 1. The maximum absolute atomic E-state index is 12.2. The Morgan fingerprint density at radius 1 is 0.913 bits per heavy atom. The molecule has 3 heteroatoms. The average molecular weight is 302 g/mol. The second kappa shape index (κ2) is 6.44. The molecule has 0 atom stereocenters. The van der Waals surface area contributed by atoms with Crippen LogP contribution in [0.25, 0.3) is 10.8 Å². The molecule has 114 valence electrons. The van der Waals surface area contributed by atoms with E-state index in [4.69, 9.17) is 0 Å². The van der Waals surface area contributed by atoms with Crippen molar-refractivity contribution in [3.8, 4) is 0 Å². The molecule has 0 unspecified atom stereocenters. The van der Waals surface area contributed by atoms with Crippen LogP contribution in [0.1, 0.15) is 28.4 Å². The van der Waals surface area contributed by atoms with Gasteiger partial charge in [-0.1, -0.05) is 54.6 Å². The molecule has 0 aliphatic carbocycles. The highest BCUT2D eigenvalue weighted by molar-refractivity contribution is 6.03. The molecular formula is C20H18N2O. The quantitative estimate of drug-likeness (QED) is 0.568. The number of rotatable bonds is 3. The van der Waals surface area contributed by atoms with E-state index in [9.17, 15) is 4.79 Å². The van der Waals surface area contributed by atoms with E-state index in [0.29, 0.717) is 5.56 Å². The first-order valence-electron chi connectivity index (χ1n) is 7.54. The summed E-state index contributed by atoms with van der Waals surface area (Å²) in [5.74, 6) is -0.191. The van der Waals surface area contributed by atoms with Gasteiger partial charge in [0.1, 0.15) is 0 Å². The van der Waals surface area contributed by atoms with Crippen LogP contribution >= 0.6 is 0 Å². The number of aryl methyl sites for hydroxylation is 1. The van der Waals surface area contributed by atoms with Gasteiger partial charge in [0.25, 0.3) is 5.91 Å². The highest BCUT2D eigenvalue weighted by Gasteiger charge is 2.07. The third-order valence-corrected chi connectivity index (χ3v) is 3.88. The first-order chi connectivity index (χ1) is 11.1. The minimum atomic E-state index is -0.191. The molecule has 3 aromatic carbocycles. The van der Waals surface area contributed by atoms with Crippen LogP contribution < -0.4 is 5.43 Å². The zero-order valence-corrected chi connectivity index (χ0v) is 13.2. The van der Waals surface area contributed by atoms with Gasteiger partial charge in [0, 0.05) is 5.56 Å². The SMILES string of the molecule is C/C(=N/NC(=O)c1ccccc1C)c1ccc2ccccc2c1. The van der Waals surface area contributed by atoms with Crippen molar-refractivity contribution >= 4 is 22.4 Å². The van der Waals surface area contributed by atoms with Crippen molar-refractivity contribution in [2.45, 2.75) is 13.8 Å². The van der Waals surface area contributed by atoms with Gasteiger partial charge in [0.2, 0.25) is 0 Å². The Morgan fingerprint density at radius 2 is 1.61 bits per heavy atom. The second-order valence-corrected chi connectivity index (χ2v) is 5.51. The zero-order valence-electron chi connectivity index (χ0n) is 13.2. The summed E-state index contributed by atoms with van der Waals surface area (Å²) in [7, 11) is 0. The number of benzene rings is 3. The molecule has 0 radical (unpaired) electrons. The molecule has 0 spiro atoms. The van der Waals surface area contributed by atoms with Gasteiger partial charge in [-0.2, -0.15) is 5.10 Å². The number of carbonyl (C=O) groups excluding carboxylic acids is 1. The fraction of sp³-hybridized carbons (Fsp3) is 0.100. The van der Waals surface area contributed by atoms with Crippen LogP contribution in [0, 0.1) is 6.92 Å². The minimum absolute atomic E-state index is 0.191. The van der Waals surface area contributed by atoms with Gasteiger partial charge in [0.05, 0.1) is 5.71 Å². The van der Waals surface area contributed by atoms with Crippen molar-refractivity contribution in [1.82, 2.24) is 5.43 Å². The summed E-state index contributed by atoms with van der Waals surface area (Å²) in [5.41, 5.74) is 5.98. The number of nitrogens with one attached hydrogen (secondary N) is 1. The lowest BCUT2D eigenvalue weighted by Gasteiger charge is -2.06. The van der Waals surface area contributed by atoms with Crippen LogP contribution in [0.5, 0.6) is 0 Å². The van der Waals surface area contributed by atoms with E-state index in [-0.39, 0.29) is 5.91 Å². The topological polar surface area (TPSA) is 41.5 Å². The summed E-state index contributed by atoms with van der Waals surface area (Å²) in [6.45, 7) is 3.80. The lowest BCUT2D eigenvalue weighted by Crippen LogP contribution is -2.20. The number of nitrogens with zero attached hydrogens (tertiary/aromatic N) is 1. The first-order valence-corrected chi connectivity index (χ1v) is 7.54. The predicted octanol–water partition coefficient (Wildman–Crippen LogP) is 4.30. The molecule has 3 rings (SSSR count). The Labute approximate surface area is 135 Å². The van der Waals surface area contributed by atoms with Crippen molar-refractivity contribution < 1.29 is 4.79 Å². The van der Waals surface area contributed by atoms with Crippen LogP contribution in [0.15, 0.2) is 71.8 Å². The molecule has 1 N–H and O–H groups in total. The molecular weight excluding hydrogens is 284 g/mol. The summed E-state index contributed by atoms with van der Waals surface area (Å²) in [6.07, 6.45) is 0. The Balaban J connectivity index is 1.81. The normalized spacial score (nSPS) is 11.5. The summed E-state index contributed by atoms with van der Waals surface area (Å²) < 4.78 is 0. The van der Waals surface area contributed by atoms with Crippen LogP contribution in [-0.4, -0.2) is 11.6 Å². The summed E-state index contributed by atoms with van der Waals surface area (Å²) in [4.78, 5) is 12.2. The molecule has 0 saturated heterocycles. The molecule has 0 aliphatic rings. The Kier molecular flexibility index (Phi) is 4.20. The highest BCUT2D eigenvalue weighted by Crippen LogP contribution is 2.16. The molecule has 1 amide bonds. The lowest BCUT2D eigenvalue weighted by molar-refractivity contribution is 0.0954. The fourth-order valence-corrected chi connectivity index (χ4v) is 2.50. The Morgan fingerprint density at radius 3 is 2.39 bits per heavy atom. The van der Waals surface area contributed by atoms with Gasteiger partial charge in [0.15, 0.2) is 0 Å². The number of hydrazone groups is 1. The lowest BCUT2D eigenvalue weighted by atomic mass is 10.0. The number of amides is 1. The molecule has 0 saturated carbocycles. The standard InChI is InChI=1S/C20H18N2O/c1-14-7-3-6-10-19(14)20(23)22-21-15(2)17-12-11-16-8-4-5-9-18(16)13-17/h3-13H,1-2H3,(H,22,23)/b21-15-. The van der Waals surface area contributed by atoms with E-state index in [1.165, 1.54) is 5.39 Å². The molecule has 0 aromatic heterocycles. The number of hydrogen-bond acceptors (Lipinski definition) is 2. The van der Waals surface area contributed by atoms with Crippen molar-refractivity contribution in [2.75, 3.05) is 0 Å². The Bertz CT molecular complexity index is 897. The monoisotopic (exact) mass is 302 g/mol. The third-order valence-electron chi connectivity index (χ3n) is 3.88. The fourth-order valence-electron chi connectivity index (χ4n) is 2.50. The van der Waals surface area contributed by atoms with Crippen molar-refractivity contribution in [3.63, 3.8) is 0 Å². The molecule has 23 heavy (non-hydrogen) atoms. The van der Waals surface area contributed by atoms with Crippen molar-refractivity contribution in [3.05, 3.63) is 83.4 Å². The zero-order chi connectivity index (χ0) is 16.2. The van der Waals surface area contributed by atoms with E-state index in [0.717, 1.165) is 22.2 Å². The molecule has 0 fully saturated rings. The van der Waals surface area contributed by atoms with Gasteiger partial charge < -0.3 is 0 Å². The summed E-state index contributed by atoms with van der Waals surface area (Å²) >= 11 is 0. The van der Waals surface area contributed by atoms with Gasteiger partial charge in [-0.3, -0.25) is 4.79 Å². The van der Waals surface area contributed by atoms with Crippen molar-refractivity contribution in [2.24, 2.45) is 5.10 Å². The largest absolute Gasteiger partial charge is 0.271 e. The van der Waals surface area contributed by atoms with E-state index in [2.05, 4.69) is 34.8 Å². The summed E-state index contributed by atoms with van der Waals surface area (Å²) in [6, 6.07) is 21.8. The molecule has 0 aliphatic heterocycles. The second-order valence-electron chi connectivity index (χ2n) is 5.51. The van der Waals surface area contributed by atoms with Gasteiger partial charge in [-0.05, 0) is 47.9 Å². The van der Waals surface area contributed by atoms with Gasteiger partial charge >= 0.3 is 0 Å². The van der Waals surface area contributed by atoms with Crippen LogP contribution in [0.2, 0.25) is 0 Å². The molecule has 0 heterocycles. The Hall–Kier alpha value is -2.94. The number of fused-ring (bicyclic) bond motifs is 1. The highest BCUT2D eigenvalue weighted by atomic mass is 16.2. The maximum Gasteiger partial charge on any atom is 0.271 e. The van der Waals surface area contributed by atoms with E-state index in [1.807, 2.05) is 50.2 Å². The molecule has 3 aromatic rings.